The van der Waals surface area contributed by atoms with Gasteiger partial charge in [-0.05, 0) is 13.2 Å². The number of nitrogens with zero attached hydrogens (tertiary/aromatic N) is 2. The third-order valence-electron chi connectivity index (χ3n) is 2.37. The summed E-state index contributed by atoms with van der Waals surface area (Å²) in [4.78, 5) is 14.1. The van der Waals surface area contributed by atoms with E-state index >= 15 is 0 Å². The molecule has 0 aliphatic rings. The first-order chi connectivity index (χ1) is 8.08. The zero-order chi connectivity index (χ0) is 12.8. The van der Waals surface area contributed by atoms with Crippen LogP contribution >= 0.6 is 11.8 Å². The molecular formula is C10H15N3O3S. The van der Waals surface area contributed by atoms with Crippen LogP contribution in [0.15, 0.2) is 18.3 Å². The number of hydrogen-bond acceptors (Lipinski definition) is 6. The predicted molar refractivity (Wildman–Crippen MR) is 68.4 cm³/mol. The molecule has 2 unspecified atom stereocenters. The van der Waals surface area contributed by atoms with E-state index in [0.29, 0.717) is 5.82 Å². The quantitative estimate of drug-likeness (QED) is 0.593. The van der Waals surface area contributed by atoms with Crippen molar-refractivity contribution in [3.05, 3.63) is 28.4 Å². The fourth-order valence-electron chi connectivity index (χ4n) is 1.37. The van der Waals surface area contributed by atoms with Crippen molar-refractivity contribution in [3.8, 4) is 0 Å². The number of thioether (sulfide) groups is 1. The molecule has 0 saturated heterocycles. The van der Waals surface area contributed by atoms with Crippen molar-refractivity contribution in [2.24, 2.45) is 0 Å². The number of hydrogen-bond donors (Lipinski definition) is 2. The van der Waals surface area contributed by atoms with Crippen molar-refractivity contribution >= 4 is 23.3 Å². The monoisotopic (exact) mass is 257 g/mol. The number of nitro groups is 1. The average Bonchev–Trinajstić information content (AvgIpc) is 2.30. The van der Waals surface area contributed by atoms with Crippen LogP contribution in [0, 0.1) is 10.1 Å². The topological polar surface area (TPSA) is 88.3 Å². The standard InChI is InChI=1S/C10H15N3O3S/c1-7(9(6-14)17-2)12-10-5-8(13(15)16)3-4-11-10/h3-5,7,9,14H,6H2,1-2H3,(H,11,12). The Balaban J connectivity index is 2.74. The molecule has 1 aromatic heterocycles. The maximum Gasteiger partial charge on any atom is 0.274 e. The van der Waals surface area contributed by atoms with Gasteiger partial charge in [0.2, 0.25) is 0 Å². The smallest absolute Gasteiger partial charge is 0.274 e. The summed E-state index contributed by atoms with van der Waals surface area (Å²) in [6.45, 7) is 1.95. The van der Waals surface area contributed by atoms with Crippen molar-refractivity contribution < 1.29 is 10.0 Å². The van der Waals surface area contributed by atoms with E-state index in [1.54, 1.807) is 0 Å². The second kappa shape index (κ2) is 6.41. The average molecular weight is 257 g/mol. The van der Waals surface area contributed by atoms with E-state index in [4.69, 9.17) is 5.11 Å². The van der Waals surface area contributed by atoms with Gasteiger partial charge < -0.3 is 10.4 Å². The van der Waals surface area contributed by atoms with E-state index in [2.05, 4.69) is 10.3 Å². The van der Waals surface area contributed by atoms with Crippen LogP contribution in [0.3, 0.4) is 0 Å². The van der Waals surface area contributed by atoms with E-state index in [9.17, 15) is 10.1 Å². The molecule has 0 amide bonds. The summed E-state index contributed by atoms with van der Waals surface area (Å²) >= 11 is 1.53. The lowest BCUT2D eigenvalue weighted by Crippen LogP contribution is -2.31. The van der Waals surface area contributed by atoms with Crippen LogP contribution in [-0.4, -0.2) is 39.2 Å². The summed E-state index contributed by atoms with van der Waals surface area (Å²) in [6, 6.07) is 2.70. The Hall–Kier alpha value is -1.34. The van der Waals surface area contributed by atoms with Crippen LogP contribution in [0.4, 0.5) is 11.5 Å². The summed E-state index contributed by atoms with van der Waals surface area (Å²) in [5.41, 5.74) is -0.000556. The lowest BCUT2D eigenvalue weighted by atomic mass is 10.2. The molecule has 0 aliphatic heterocycles. The van der Waals surface area contributed by atoms with Gasteiger partial charge in [-0.15, -0.1) is 0 Å². The lowest BCUT2D eigenvalue weighted by Gasteiger charge is -2.21. The van der Waals surface area contributed by atoms with Gasteiger partial charge in [0.1, 0.15) is 5.82 Å². The molecule has 2 N–H and O–H groups in total. The summed E-state index contributed by atoms with van der Waals surface area (Å²) in [6.07, 6.45) is 3.29. The molecule has 1 aromatic rings. The van der Waals surface area contributed by atoms with E-state index in [0.717, 1.165) is 0 Å². The Bertz CT molecular complexity index is 385. The summed E-state index contributed by atoms with van der Waals surface area (Å²) in [5, 5.41) is 22.8. The van der Waals surface area contributed by atoms with Crippen LogP contribution in [0.2, 0.25) is 0 Å². The largest absolute Gasteiger partial charge is 0.395 e. The molecule has 94 valence electrons. The number of rotatable bonds is 6. The molecule has 2 atom stereocenters. The van der Waals surface area contributed by atoms with E-state index < -0.39 is 4.92 Å². The highest BCUT2D eigenvalue weighted by Crippen LogP contribution is 2.18. The van der Waals surface area contributed by atoms with Crippen molar-refractivity contribution in [1.29, 1.82) is 0 Å². The van der Waals surface area contributed by atoms with Gasteiger partial charge in [-0.3, -0.25) is 10.1 Å². The second-order valence-corrected chi connectivity index (χ2v) is 4.62. The highest BCUT2D eigenvalue weighted by Gasteiger charge is 2.16. The van der Waals surface area contributed by atoms with Crippen LogP contribution in [0.25, 0.3) is 0 Å². The summed E-state index contributed by atoms with van der Waals surface area (Å²) < 4.78 is 0. The minimum atomic E-state index is -0.463. The van der Waals surface area contributed by atoms with Crippen LogP contribution in [0.1, 0.15) is 6.92 Å². The first-order valence-electron chi connectivity index (χ1n) is 5.09. The molecule has 1 heterocycles. The van der Waals surface area contributed by atoms with E-state index in [1.165, 1.54) is 30.1 Å². The Morgan fingerprint density at radius 1 is 1.71 bits per heavy atom. The van der Waals surface area contributed by atoms with Gasteiger partial charge in [0.15, 0.2) is 0 Å². The van der Waals surface area contributed by atoms with Crippen molar-refractivity contribution in [2.45, 2.75) is 18.2 Å². The van der Waals surface area contributed by atoms with E-state index in [-0.39, 0.29) is 23.6 Å². The number of anilines is 1. The Labute approximate surface area is 104 Å². The zero-order valence-corrected chi connectivity index (χ0v) is 10.5. The van der Waals surface area contributed by atoms with Crippen molar-refractivity contribution in [1.82, 2.24) is 4.98 Å². The first-order valence-corrected chi connectivity index (χ1v) is 6.38. The molecule has 0 radical (unpaired) electrons. The molecule has 17 heavy (non-hydrogen) atoms. The molecule has 0 fully saturated rings. The highest BCUT2D eigenvalue weighted by atomic mass is 32.2. The maximum atomic E-state index is 10.6. The van der Waals surface area contributed by atoms with Crippen molar-refractivity contribution in [2.75, 3.05) is 18.2 Å². The molecule has 7 heteroatoms. The number of aliphatic hydroxyl groups excluding tert-OH is 1. The predicted octanol–water partition coefficient (Wildman–Crippen LogP) is 1.51. The van der Waals surface area contributed by atoms with E-state index in [1.807, 2.05) is 13.2 Å². The second-order valence-electron chi connectivity index (χ2n) is 3.55. The Morgan fingerprint density at radius 2 is 2.41 bits per heavy atom. The fourth-order valence-corrected chi connectivity index (χ4v) is 2.00. The molecule has 0 spiro atoms. The van der Waals surface area contributed by atoms with Gasteiger partial charge in [-0.1, -0.05) is 0 Å². The van der Waals surface area contributed by atoms with Gasteiger partial charge in [0.05, 0.1) is 17.6 Å². The highest BCUT2D eigenvalue weighted by molar-refractivity contribution is 7.99. The lowest BCUT2D eigenvalue weighted by molar-refractivity contribution is -0.384. The molecule has 0 saturated carbocycles. The SMILES string of the molecule is CSC(CO)C(C)Nc1cc([N+](=O)[O-])ccn1. The number of nitrogens with one attached hydrogen (secondary N) is 1. The third-order valence-corrected chi connectivity index (χ3v) is 3.53. The number of pyridine rings is 1. The van der Waals surface area contributed by atoms with Gasteiger partial charge in [0.25, 0.3) is 5.69 Å². The molecule has 1 rings (SSSR count). The van der Waals surface area contributed by atoms with Crippen LogP contribution in [-0.2, 0) is 0 Å². The van der Waals surface area contributed by atoms with Gasteiger partial charge >= 0.3 is 0 Å². The zero-order valence-electron chi connectivity index (χ0n) is 9.66. The molecule has 0 bridgehead atoms. The summed E-state index contributed by atoms with van der Waals surface area (Å²) in [5.74, 6) is 0.444. The third kappa shape index (κ3) is 3.86. The molecule has 6 nitrogen and oxygen atoms in total. The van der Waals surface area contributed by atoms with Gasteiger partial charge in [-0.2, -0.15) is 11.8 Å². The van der Waals surface area contributed by atoms with Gasteiger partial charge in [0, 0.05) is 23.6 Å². The molecule has 0 aliphatic carbocycles. The minimum absolute atomic E-state index is 0.000556. The summed E-state index contributed by atoms with van der Waals surface area (Å²) in [7, 11) is 0. The Morgan fingerprint density at radius 3 is 2.94 bits per heavy atom. The number of aliphatic hydroxyl groups is 1. The van der Waals surface area contributed by atoms with Crippen LogP contribution in [0.5, 0.6) is 0 Å². The molecule has 0 aromatic carbocycles. The maximum absolute atomic E-state index is 10.6. The number of aromatic nitrogens is 1. The fraction of sp³-hybridized carbons (Fsp3) is 0.500. The minimum Gasteiger partial charge on any atom is -0.395 e. The first kappa shape index (κ1) is 13.7. The molecular weight excluding hydrogens is 242 g/mol. The van der Waals surface area contributed by atoms with Gasteiger partial charge in [-0.25, -0.2) is 4.98 Å². The normalized spacial score (nSPS) is 14.1. The van der Waals surface area contributed by atoms with Crippen molar-refractivity contribution in [3.63, 3.8) is 0 Å². The van der Waals surface area contributed by atoms with Crippen LogP contribution < -0.4 is 5.32 Å². The Kier molecular flexibility index (Phi) is 5.17.